The van der Waals surface area contributed by atoms with Gasteiger partial charge in [-0.3, -0.25) is 4.48 Å². The van der Waals surface area contributed by atoms with Crippen LogP contribution in [0, 0.1) is 0 Å². The number of ether oxygens (including phenoxy) is 1. The van der Waals surface area contributed by atoms with E-state index in [-0.39, 0.29) is 24.6 Å². The predicted molar refractivity (Wildman–Crippen MR) is 81.8 cm³/mol. The standard InChI is InChI=1S/C17H24NO2.ClH/c1-5-13-18(4,14-15-11-9-8-10-12-15)16(6-2)20-17(19)7-3;/h5,7-12,16H,1,3,6,13-14H2,2,4H3;1H/q+1;/p-1. The van der Waals surface area contributed by atoms with Crippen LogP contribution in [0.1, 0.15) is 18.9 Å². The molecule has 0 aliphatic carbocycles. The first-order chi connectivity index (χ1) is 9.55. The number of benzene rings is 1. The third-order valence-electron chi connectivity index (χ3n) is 3.40. The predicted octanol–water partition coefficient (Wildman–Crippen LogP) is 0.289. The van der Waals surface area contributed by atoms with Gasteiger partial charge in [-0.2, -0.15) is 0 Å². The van der Waals surface area contributed by atoms with Crippen LogP contribution in [0.15, 0.2) is 55.6 Å². The average molecular weight is 310 g/mol. The second kappa shape index (κ2) is 9.37. The molecule has 1 aromatic carbocycles. The molecule has 3 nitrogen and oxygen atoms in total. The lowest BCUT2D eigenvalue weighted by molar-refractivity contribution is -0.959. The Hall–Kier alpha value is -1.58. The highest BCUT2D eigenvalue weighted by atomic mass is 35.5. The highest BCUT2D eigenvalue weighted by Crippen LogP contribution is 2.20. The summed E-state index contributed by atoms with van der Waals surface area (Å²) >= 11 is 0. The molecule has 0 saturated carbocycles. The molecule has 2 atom stereocenters. The van der Waals surface area contributed by atoms with Crippen LogP contribution < -0.4 is 12.4 Å². The van der Waals surface area contributed by atoms with Crippen LogP contribution in [-0.2, 0) is 16.1 Å². The van der Waals surface area contributed by atoms with E-state index in [1.165, 1.54) is 11.6 Å². The summed E-state index contributed by atoms with van der Waals surface area (Å²) in [5, 5.41) is 0. The largest absolute Gasteiger partial charge is 1.00 e. The molecule has 21 heavy (non-hydrogen) atoms. The first kappa shape index (κ1) is 19.4. The zero-order chi connectivity index (χ0) is 15.0. The van der Waals surface area contributed by atoms with Crippen molar-refractivity contribution < 1.29 is 26.4 Å². The van der Waals surface area contributed by atoms with Crippen molar-refractivity contribution >= 4 is 5.97 Å². The van der Waals surface area contributed by atoms with Crippen molar-refractivity contribution in [2.45, 2.75) is 26.1 Å². The molecule has 4 heteroatoms. The first-order valence-electron chi connectivity index (χ1n) is 6.87. The third-order valence-corrected chi connectivity index (χ3v) is 3.40. The number of carbonyl (C=O) groups is 1. The summed E-state index contributed by atoms with van der Waals surface area (Å²) < 4.78 is 6.09. The Balaban J connectivity index is 0.00000400. The van der Waals surface area contributed by atoms with Gasteiger partial charge in [-0.1, -0.05) is 50.4 Å². The monoisotopic (exact) mass is 309 g/mol. The number of nitrogens with zero attached hydrogens (tertiary/aromatic N) is 1. The maximum atomic E-state index is 11.5. The number of carbonyl (C=O) groups excluding carboxylic acids is 1. The van der Waals surface area contributed by atoms with Gasteiger partial charge >= 0.3 is 5.97 Å². The fourth-order valence-electron chi connectivity index (χ4n) is 2.41. The molecule has 0 aliphatic rings. The Labute approximate surface area is 133 Å². The Kier molecular flexibility index (Phi) is 8.67. The van der Waals surface area contributed by atoms with E-state index in [4.69, 9.17) is 4.74 Å². The van der Waals surface area contributed by atoms with Crippen LogP contribution in [0.3, 0.4) is 0 Å². The van der Waals surface area contributed by atoms with Crippen molar-refractivity contribution in [2.75, 3.05) is 13.6 Å². The number of quaternary nitrogens is 1. The molecule has 0 bridgehead atoms. The smallest absolute Gasteiger partial charge is 0.334 e. The van der Waals surface area contributed by atoms with Gasteiger partial charge < -0.3 is 17.1 Å². The third kappa shape index (κ3) is 5.74. The lowest BCUT2D eigenvalue weighted by Gasteiger charge is -2.39. The number of rotatable bonds is 8. The van der Waals surface area contributed by atoms with Gasteiger partial charge in [-0.25, -0.2) is 4.79 Å². The van der Waals surface area contributed by atoms with Gasteiger partial charge in [0.05, 0.1) is 7.05 Å². The van der Waals surface area contributed by atoms with Crippen molar-refractivity contribution in [3.63, 3.8) is 0 Å². The lowest BCUT2D eigenvalue weighted by Crippen LogP contribution is -3.00. The summed E-state index contributed by atoms with van der Waals surface area (Å²) in [4.78, 5) is 11.5. The van der Waals surface area contributed by atoms with E-state index in [0.717, 1.165) is 19.5 Å². The fraction of sp³-hybridized carbons (Fsp3) is 0.353. The molecule has 0 radical (unpaired) electrons. The van der Waals surface area contributed by atoms with Crippen molar-refractivity contribution in [1.82, 2.24) is 0 Å². The van der Waals surface area contributed by atoms with Crippen LogP contribution >= 0.6 is 0 Å². The van der Waals surface area contributed by atoms with Crippen molar-refractivity contribution in [1.29, 1.82) is 0 Å². The van der Waals surface area contributed by atoms with Gasteiger partial charge in [0.15, 0.2) is 0 Å². The van der Waals surface area contributed by atoms with Crippen LogP contribution in [0.25, 0.3) is 0 Å². The van der Waals surface area contributed by atoms with E-state index >= 15 is 0 Å². The number of likely N-dealkylation sites (N-methyl/N-ethyl adjacent to an activating group) is 1. The number of halogens is 1. The SMILES string of the molecule is C=CC[N+](C)(Cc1ccccc1)C(CC)OC(=O)C=C.[Cl-]. The Morgan fingerprint density at radius 3 is 2.43 bits per heavy atom. The summed E-state index contributed by atoms with van der Waals surface area (Å²) in [5.41, 5.74) is 1.21. The second-order valence-corrected chi connectivity index (χ2v) is 5.10. The van der Waals surface area contributed by atoms with E-state index in [0.29, 0.717) is 4.48 Å². The van der Waals surface area contributed by atoms with Gasteiger partial charge in [-0.15, -0.1) is 0 Å². The zero-order valence-corrected chi connectivity index (χ0v) is 13.6. The van der Waals surface area contributed by atoms with E-state index in [1.54, 1.807) is 0 Å². The molecule has 1 aromatic rings. The topological polar surface area (TPSA) is 26.3 Å². The Morgan fingerprint density at radius 2 is 1.95 bits per heavy atom. The van der Waals surface area contributed by atoms with Crippen LogP contribution in [-0.4, -0.2) is 30.3 Å². The molecule has 0 N–H and O–H groups in total. The van der Waals surface area contributed by atoms with Crippen LogP contribution in [0.2, 0.25) is 0 Å². The molecule has 2 unspecified atom stereocenters. The molecule has 0 aliphatic heterocycles. The quantitative estimate of drug-likeness (QED) is 0.227. The number of hydrogen-bond donors (Lipinski definition) is 0. The summed E-state index contributed by atoms with van der Waals surface area (Å²) in [5.74, 6) is -0.377. The normalized spacial score (nSPS) is 14.2. The van der Waals surface area contributed by atoms with Crippen molar-refractivity contribution in [2.24, 2.45) is 0 Å². The fourth-order valence-corrected chi connectivity index (χ4v) is 2.41. The molecule has 0 fully saturated rings. The highest BCUT2D eigenvalue weighted by Gasteiger charge is 2.33. The van der Waals surface area contributed by atoms with Gasteiger partial charge in [0.2, 0.25) is 6.23 Å². The summed E-state index contributed by atoms with van der Waals surface area (Å²) in [6.45, 7) is 10.8. The minimum absolute atomic E-state index is 0. The van der Waals surface area contributed by atoms with E-state index in [1.807, 2.05) is 31.2 Å². The van der Waals surface area contributed by atoms with Gasteiger partial charge in [0.1, 0.15) is 13.1 Å². The van der Waals surface area contributed by atoms with Gasteiger partial charge in [0, 0.05) is 18.1 Å². The molecule has 116 valence electrons. The highest BCUT2D eigenvalue weighted by molar-refractivity contribution is 5.81. The maximum absolute atomic E-state index is 11.5. The van der Waals surface area contributed by atoms with E-state index < -0.39 is 0 Å². The second-order valence-electron chi connectivity index (χ2n) is 5.10. The average Bonchev–Trinajstić information content (AvgIpc) is 2.45. The van der Waals surface area contributed by atoms with Crippen LogP contribution in [0.4, 0.5) is 0 Å². The summed E-state index contributed by atoms with van der Waals surface area (Å²) in [6.07, 6.45) is 3.62. The van der Waals surface area contributed by atoms with E-state index in [9.17, 15) is 4.79 Å². The molecule has 0 amide bonds. The van der Waals surface area contributed by atoms with Gasteiger partial charge in [0.25, 0.3) is 0 Å². The minimum atomic E-state index is -0.377. The molecule has 0 saturated heterocycles. The zero-order valence-electron chi connectivity index (χ0n) is 12.8. The Morgan fingerprint density at radius 1 is 1.33 bits per heavy atom. The summed E-state index contributed by atoms with van der Waals surface area (Å²) in [6, 6.07) is 10.2. The van der Waals surface area contributed by atoms with Crippen molar-refractivity contribution in [3.8, 4) is 0 Å². The number of hydrogen-bond acceptors (Lipinski definition) is 2. The molecule has 0 heterocycles. The van der Waals surface area contributed by atoms with E-state index in [2.05, 4.69) is 32.3 Å². The van der Waals surface area contributed by atoms with Crippen molar-refractivity contribution in [3.05, 3.63) is 61.2 Å². The molecular formula is C17H24ClNO2. The van der Waals surface area contributed by atoms with Gasteiger partial charge in [-0.05, 0) is 6.08 Å². The first-order valence-corrected chi connectivity index (χ1v) is 6.87. The molecule has 0 aromatic heterocycles. The number of esters is 1. The Bertz CT molecular complexity index is 461. The minimum Gasteiger partial charge on any atom is -1.00 e. The summed E-state index contributed by atoms with van der Waals surface area (Å²) in [7, 11) is 2.08. The maximum Gasteiger partial charge on any atom is 0.334 e. The molecule has 0 spiro atoms. The molecule has 1 rings (SSSR count). The molecular weight excluding hydrogens is 286 g/mol. The lowest BCUT2D eigenvalue weighted by atomic mass is 10.1. The van der Waals surface area contributed by atoms with Crippen LogP contribution in [0.5, 0.6) is 0 Å².